The van der Waals surface area contributed by atoms with Crippen molar-refractivity contribution in [3.63, 3.8) is 0 Å². The number of carbonyl (C=O) groups is 3. The lowest BCUT2D eigenvalue weighted by Crippen LogP contribution is -2.30. The average molecular weight is 1030 g/mol. The predicted octanol–water partition coefficient (Wildman–Crippen LogP) is 20.1. The third-order valence-electron chi connectivity index (χ3n) is 11.4. The van der Waals surface area contributed by atoms with E-state index in [0.29, 0.717) is 19.3 Å². The van der Waals surface area contributed by atoms with Crippen LogP contribution >= 0.6 is 0 Å². The van der Waals surface area contributed by atoms with Crippen LogP contribution in [0.2, 0.25) is 0 Å². The van der Waals surface area contributed by atoms with E-state index < -0.39 is 12.1 Å². The summed E-state index contributed by atoms with van der Waals surface area (Å²) in [7, 11) is 0. The summed E-state index contributed by atoms with van der Waals surface area (Å²) in [5.41, 5.74) is 0. The van der Waals surface area contributed by atoms with Crippen LogP contribution < -0.4 is 0 Å². The van der Waals surface area contributed by atoms with Gasteiger partial charge >= 0.3 is 17.9 Å². The normalized spacial score (nSPS) is 13.5. The van der Waals surface area contributed by atoms with Gasteiger partial charge in [0.15, 0.2) is 6.10 Å². The van der Waals surface area contributed by atoms with Crippen LogP contribution in [0.3, 0.4) is 0 Å². The van der Waals surface area contributed by atoms with Gasteiger partial charge in [-0.05, 0) is 141 Å². The Balaban J connectivity index is 4.59. The van der Waals surface area contributed by atoms with Crippen LogP contribution in [0.25, 0.3) is 0 Å². The molecule has 0 aromatic rings. The summed E-state index contributed by atoms with van der Waals surface area (Å²) in [6.45, 7) is 6.17. The Bertz CT molecular complexity index is 1800. The van der Waals surface area contributed by atoms with Gasteiger partial charge in [-0.3, -0.25) is 14.4 Å². The molecular weight excluding hydrogens is 925 g/mol. The molecule has 0 aromatic carbocycles. The minimum atomic E-state index is -0.852. The predicted molar refractivity (Wildman–Crippen MR) is 324 cm³/mol. The molecular formula is C69H104O6. The minimum Gasteiger partial charge on any atom is -0.462 e. The molecule has 0 radical (unpaired) electrons. The van der Waals surface area contributed by atoms with Crippen LogP contribution in [-0.2, 0) is 28.6 Å². The van der Waals surface area contributed by atoms with Gasteiger partial charge in [-0.15, -0.1) is 0 Å². The topological polar surface area (TPSA) is 78.9 Å². The van der Waals surface area contributed by atoms with Gasteiger partial charge < -0.3 is 14.2 Å². The van der Waals surface area contributed by atoms with Crippen molar-refractivity contribution in [3.05, 3.63) is 182 Å². The van der Waals surface area contributed by atoms with Gasteiger partial charge in [-0.1, -0.05) is 235 Å². The Morgan fingerprint density at radius 2 is 0.507 bits per heavy atom. The van der Waals surface area contributed by atoms with Crippen molar-refractivity contribution in [2.24, 2.45) is 0 Å². The Morgan fingerprint density at radius 3 is 0.827 bits per heavy atom. The molecule has 0 amide bonds. The first-order chi connectivity index (χ1) is 37.0. The SMILES string of the molecule is CC/C=C\C/C=C\C/C=C\C/C=C\C/C=C\C/C=C\CCC(=O)OC(COC(=O)CCCC/C=C\C/C=C\C/C=C\C/C=C\CC)COC(=O)CCCCCCCCC/C=C\C/C=C\C/C=C\C/C=C\C/C=C\CC. The highest BCUT2D eigenvalue weighted by Gasteiger charge is 2.19. The molecule has 0 aliphatic heterocycles. The van der Waals surface area contributed by atoms with E-state index in [1.807, 2.05) is 12.2 Å². The third-order valence-corrected chi connectivity index (χ3v) is 11.4. The second kappa shape index (κ2) is 61.1. The number of hydrogen-bond acceptors (Lipinski definition) is 6. The molecule has 416 valence electrons. The number of unbranched alkanes of at least 4 members (excludes halogenated alkanes) is 9. The first-order valence-corrected chi connectivity index (χ1v) is 29.3. The molecule has 6 heteroatoms. The number of allylic oxidation sites excluding steroid dienone is 30. The third kappa shape index (κ3) is 59.3. The fraction of sp³-hybridized carbons (Fsp3) is 0.522. The van der Waals surface area contributed by atoms with Crippen molar-refractivity contribution in [2.45, 2.75) is 219 Å². The molecule has 0 saturated heterocycles. The number of hydrogen-bond donors (Lipinski definition) is 0. The lowest BCUT2D eigenvalue weighted by atomic mass is 10.1. The first kappa shape index (κ1) is 69.5. The highest BCUT2D eigenvalue weighted by molar-refractivity contribution is 5.71. The van der Waals surface area contributed by atoms with Gasteiger partial charge in [0.1, 0.15) is 13.2 Å². The zero-order valence-electron chi connectivity index (χ0n) is 47.5. The van der Waals surface area contributed by atoms with Crippen molar-refractivity contribution in [1.82, 2.24) is 0 Å². The van der Waals surface area contributed by atoms with E-state index in [1.54, 1.807) is 0 Å². The van der Waals surface area contributed by atoms with Gasteiger partial charge in [0.05, 0.1) is 0 Å². The molecule has 0 spiro atoms. The minimum absolute atomic E-state index is 0.137. The van der Waals surface area contributed by atoms with Crippen LogP contribution in [0.15, 0.2) is 182 Å². The van der Waals surface area contributed by atoms with Crippen LogP contribution in [-0.4, -0.2) is 37.2 Å². The largest absolute Gasteiger partial charge is 0.462 e. The van der Waals surface area contributed by atoms with E-state index >= 15 is 0 Å². The Hall–Kier alpha value is -5.49. The van der Waals surface area contributed by atoms with Crippen LogP contribution in [0.4, 0.5) is 0 Å². The molecule has 0 fully saturated rings. The molecule has 1 unspecified atom stereocenters. The highest BCUT2D eigenvalue weighted by Crippen LogP contribution is 2.12. The summed E-state index contributed by atoms with van der Waals surface area (Å²) in [6, 6.07) is 0. The number of carbonyl (C=O) groups excluding carboxylic acids is 3. The molecule has 1 atom stereocenters. The van der Waals surface area contributed by atoms with E-state index in [1.165, 1.54) is 19.3 Å². The average Bonchev–Trinajstić information content (AvgIpc) is 3.41. The monoisotopic (exact) mass is 1030 g/mol. The summed E-state index contributed by atoms with van der Waals surface area (Å²) in [5, 5.41) is 0. The molecule has 6 nitrogen and oxygen atoms in total. The zero-order chi connectivity index (χ0) is 54.3. The Kier molecular flexibility index (Phi) is 56.6. The lowest BCUT2D eigenvalue weighted by molar-refractivity contribution is -0.166. The maximum absolute atomic E-state index is 12.8. The molecule has 0 saturated carbocycles. The Morgan fingerprint density at radius 1 is 0.267 bits per heavy atom. The van der Waals surface area contributed by atoms with Crippen molar-refractivity contribution in [3.8, 4) is 0 Å². The fourth-order valence-electron chi connectivity index (χ4n) is 7.13. The number of ether oxygens (including phenoxy) is 3. The maximum atomic E-state index is 12.8. The molecule has 0 bridgehead atoms. The standard InChI is InChI=1S/C69H104O6/c1-4-7-10-13-16-19-22-25-28-30-32-33-34-35-37-38-41-44-47-50-53-56-59-62-68(71)74-65-66(64-73-67(70)61-58-55-52-49-46-43-40-27-24-21-18-15-12-9-6-3)75-69(72)63-60-57-54-51-48-45-42-39-36-31-29-26-23-20-17-14-11-8-5-2/h7-12,16-21,25-29,32-33,35-37,39-40,45-46,48-49,54,57,66H,4-6,13-15,22-24,30-31,34,38,41-44,47,50-53,55-56,58-65H2,1-3H3/b10-7-,11-8-,12-9-,19-16-,20-17-,21-18-,28-25-,29-26-,33-32-,37-35-,39-36-,40-27-,48-45-,49-46-,57-54-. The molecule has 0 aliphatic carbocycles. The summed E-state index contributed by atoms with van der Waals surface area (Å²) >= 11 is 0. The molecule has 0 rings (SSSR count). The number of rotatable bonds is 50. The van der Waals surface area contributed by atoms with Gasteiger partial charge in [-0.25, -0.2) is 0 Å². The van der Waals surface area contributed by atoms with Crippen molar-refractivity contribution in [2.75, 3.05) is 13.2 Å². The van der Waals surface area contributed by atoms with Gasteiger partial charge in [0.25, 0.3) is 0 Å². The van der Waals surface area contributed by atoms with Crippen molar-refractivity contribution >= 4 is 17.9 Å². The first-order valence-electron chi connectivity index (χ1n) is 29.3. The lowest BCUT2D eigenvalue weighted by Gasteiger charge is -2.18. The smallest absolute Gasteiger partial charge is 0.306 e. The summed E-state index contributed by atoms with van der Waals surface area (Å²) in [4.78, 5) is 38.2. The van der Waals surface area contributed by atoms with E-state index in [4.69, 9.17) is 14.2 Å². The van der Waals surface area contributed by atoms with E-state index in [-0.39, 0.29) is 38.0 Å². The second-order valence-electron chi connectivity index (χ2n) is 18.4. The quantitative estimate of drug-likeness (QED) is 0.0261. The van der Waals surface area contributed by atoms with Crippen LogP contribution in [0.1, 0.15) is 213 Å². The summed E-state index contributed by atoms with van der Waals surface area (Å²) in [6.07, 6.45) is 91.8. The summed E-state index contributed by atoms with van der Waals surface area (Å²) < 4.78 is 16.8. The van der Waals surface area contributed by atoms with Gasteiger partial charge in [0, 0.05) is 19.3 Å². The summed E-state index contributed by atoms with van der Waals surface area (Å²) in [5.74, 6) is -1.09. The van der Waals surface area contributed by atoms with Crippen molar-refractivity contribution in [1.29, 1.82) is 0 Å². The van der Waals surface area contributed by atoms with Crippen LogP contribution in [0, 0.1) is 0 Å². The van der Waals surface area contributed by atoms with Gasteiger partial charge in [-0.2, -0.15) is 0 Å². The van der Waals surface area contributed by atoms with E-state index in [9.17, 15) is 14.4 Å². The number of esters is 3. The Labute approximate surface area is 459 Å². The van der Waals surface area contributed by atoms with Gasteiger partial charge in [0.2, 0.25) is 0 Å². The molecule has 0 N–H and O–H groups in total. The fourth-order valence-corrected chi connectivity index (χ4v) is 7.13. The maximum Gasteiger partial charge on any atom is 0.306 e. The van der Waals surface area contributed by atoms with E-state index in [0.717, 1.165) is 141 Å². The molecule has 0 aliphatic rings. The van der Waals surface area contributed by atoms with Crippen molar-refractivity contribution < 1.29 is 28.6 Å². The van der Waals surface area contributed by atoms with E-state index in [2.05, 4.69) is 191 Å². The molecule has 0 aromatic heterocycles. The highest BCUT2D eigenvalue weighted by atomic mass is 16.6. The second-order valence-corrected chi connectivity index (χ2v) is 18.4. The van der Waals surface area contributed by atoms with Crippen LogP contribution in [0.5, 0.6) is 0 Å². The molecule has 75 heavy (non-hydrogen) atoms. The molecule has 0 heterocycles. The zero-order valence-corrected chi connectivity index (χ0v) is 47.5.